The SMILES string of the molecule is CCCC1CCCC(N)(c2cccc(Br)c2F)CC1. The lowest BCUT2D eigenvalue weighted by Gasteiger charge is -2.29. The monoisotopic (exact) mass is 327 g/mol. The maximum atomic E-state index is 14.3. The first-order valence-electron chi connectivity index (χ1n) is 7.30. The van der Waals surface area contributed by atoms with Gasteiger partial charge >= 0.3 is 0 Å². The van der Waals surface area contributed by atoms with E-state index in [2.05, 4.69) is 22.9 Å². The van der Waals surface area contributed by atoms with Gasteiger partial charge in [-0.15, -0.1) is 0 Å². The van der Waals surface area contributed by atoms with Gasteiger partial charge in [0, 0.05) is 11.1 Å². The van der Waals surface area contributed by atoms with Gasteiger partial charge in [-0.05, 0) is 47.2 Å². The Morgan fingerprint density at radius 1 is 1.37 bits per heavy atom. The summed E-state index contributed by atoms with van der Waals surface area (Å²) in [5.41, 5.74) is 6.74. The van der Waals surface area contributed by atoms with Gasteiger partial charge in [0.1, 0.15) is 5.82 Å². The average molecular weight is 328 g/mol. The first-order valence-corrected chi connectivity index (χ1v) is 8.09. The van der Waals surface area contributed by atoms with Crippen molar-refractivity contribution in [2.45, 2.75) is 57.4 Å². The summed E-state index contributed by atoms with van der Waals surface area (Å²) in [6.07, 6.45) is 7.75. The van der Waals surface area contributed by atoms with Crippen LogP contribution in [0, 0.1) is 11.7 Å². The second-order valence-corrected chi connectivity index (χ2v) is 6.70. The number of nitrogens with two attached hydrogens (primary N) is 1. The van der Waals surface area contributed by atoms with E-state index >= 15 is 0 Å². The molecule has 1 aromatic carbocycles. The van der Waals surface area contributed by atoms with Crippen molar-refractivity contribution in [1.29, 1.82) is 0 Å². The van der Waals surface area contributed by atoms with E-state index in [1.807, 2.05) is 12.1 Å². The lowest BCUT2D eigenvalue weighted by molar-refractivity contribution is 0.354. The number of halogens is 2. The topological polar surface area (TPSA) is 26.0 Å². The highest BCUT2D eigenvalue weighted by Crippen LogP contribution is 2.39. The zero-order valence-electron chi connectivity index (χ0n) is 11.6. The first kappa shape index (κ1) is 15.0. The molecule has 0 heterocycles. The Hall–Kier alpha value is -0.410. The fourth-order valence-electron chi connectivity index (χ4n) is 3.29. The van der Waals surface area contributed by atoms with Crippen LogP contribution in [0.2, 0.25) is 0 Å². The van der Waals surface area contributed by atoms with Gasteiger partial charge in [-0.1, -0.05) is 44.7 Å². The van der Waals surface area contributed by atoms with Crippen LogP contribution in [0.3, 0.4) is 0 Å². The Bertz CT molecular complexity index is 435. The molecule has 3 heteroatoms. The maximum absolute atomic E-state index is 14.3. The van der Waals surface area contributed by atoms with Gasteiger partial charge in [0.25, 0.3) is 0 Å². The molecule has 1 aliphatic carbocycles. The van der Waals surface area contributed by atoms with Crippen LogP contribution in [-0.2, 0) is 5.54 Å². The molecule has 19 heavy (non-hydrogen) atoms. The van der Waals surface area contributed by atoms with Crippen molar-refractivity contribution in [2.24, 2.45) is 11.7 Å². The number of benzene rings is 1. The fraction of sp³-hybridized carbons (Fsp3) is 0.625. The third-order valence-electron chi connectivity index (χ3n) is 4.42. The molecule has 0 bridgehead atoms. The quantitative estimate of drug-likeness (QED) is 0.766. The van der Waals surface area contributed by atoms with E-state index in [0.29, 0.717) is 10.0 Å². The van der Waals surface area contributed by atoms with Crippen LogP contribution in [0.4, 0.5) is 4.39 Å². The molecule has 0 aromatic heterocycles. The van der Waals surface area contributed by atoms with Crippen molar-refractivity contribution in [1.82, 2.24) is 0 Å². The van der Waals surface area contributed by atoms with Crippen LogP contribution >= 0.6 is 15.9 Å². The highest BCUT2D eigenvalue weighted by molar-refractivity contribution is 9.10. The fourth-order valence-corrected chi connectivity index (χ4v) is 3.66. The van der Waals surface area contributed by atoms with Gasteiger partial charge < -0.3 is 5.73 Å². The highest BCUT2D eigenvalue weighted by atomic mass is 79.9. The third-order valence-corrected chi connectivity index (χ3v) is 5.03. The summed E-state index contributed by atoms with van der Waals surface area (Å²) >= 11 is 3.26. The van der Waals surface area contributed by atoms with E-state index < -0.39 is 5.54 Å². The van der Waals surface area contributed by atoms with Crippen molar-refractivity contribution in [2.75, 3.05) is 0 Å². The first-order chi connectivity index (χ1) is 9.07. The molecule has 106 valence electrons. The molecule has 1 aliphatic rings. The van der Waals surface area contributed by atoms with Crippen LogP contribution in [0.1, 0.15) is 57.4 Å². The van der Waals surface area contributed by atoms with E-state index in [9.17, 15) is 4.39 Å². The summed E-state index contributed by atoms with van der Waals surface area (Å²) in [5, 5.41) is 0. The summed E-state index contributed by atoms with van der Waals surface area (Å²) in [6, 6.07) is 5.46. The predicted molar refractivity (Wildman–Crippen MR) is 81.4 cm³/mol. The van der Waals surface area contributed by atoms with E-state index in [1.165, 1.54) is 19.3 Å². The summed E-state index contributed by atoms with van der Waals surface area (Å²) in [5.74, 6) is 0.588. The molecule has 0 aliphatic heterocycles. The third kappa shape index (κ3) is 3.38. The smallest absolute Gasteiger partial charge is 0.142 e. The number of hydrogen-bond donors (Lipinski definition) is 1. The van der Waals surface area contributed by atoms with E-state index in [0.717, 1.165) is 31.6 Å². The lowest BCUT2D eigenvalue weighted by Crippen LogP contribution is -2.37. The van der Waals surface area contributed by atoms with Crippen LogP contribution in [-0.4, -0.2) is 0 Å². The van der Waals surface area contributed by atoms with E-state index in [-0.39, 0.29) is 5.82 Å². The molecule has 2 unspecified atom stereocenters. The minimum Gasteiger partial charge on any atom is -0.321 e. The van der Waals surface area contributed by atoms with Crippen molar-refractivity contribution >= 4 is 15.9 Å². The number of rotatable bonds is 3. The van der Waals surface area contributed by atoms with E-state index in [4.69, 9.17) is 5.73 Å². The Labute approximate surface area is 123 Å². The van der Waals surface area contributed by atoms with Gasteiger partial charge in [0.2, 0.25) is 0 Å². The molecule has 0 radical (unpaired) electrons. The average Bonchev–Trinajstić information content (AvgIpc) is 2.57. The van der Waals surface area contributed by atoms with Crippen molar-refractivity contribution in [3.8, 4) is 0 Å². The van der Waals surface area contributed by atoms with Gasteiger partial charge in [-0.3, -0.25) is 0 Å². The molecule has 2 atom stereocenters. The standard InChI is InChI=1S/C16H23BrFN/c1-2-5-12-6-4-10-16(19,11-9-12)13-7-3-8-14(17)15(13)18/h3,7-8,12H,2,4-6,9-11,19H2,1H3. The van der Waals surface area contributed by atoms with Crippen molar-refractivity contribution in [3.05, 3.63) is 34.1 Å². The molecule has 1 nitrogen and oxygen atoms in total. The lowest BCUT2D eigenvalue weighted by atomic mass is 9.83. The minimum absolute atomic E-state index is 0.182. The van der Waals surface area contributed by atoms with Gasteiger partial charge in [0.05, 0.1) is 4.47 Å². The van der Waals surface area contributed by atoms with Crippen LogP contribution in [0.25, 0.3) is 0 Å². The molecule has 1 aromatic rings. The Kier molecular flexibility index (Phi) is 5.02. The maximum Gasteiger partial charge on any atom is 0.142 e. The summed E-state index contributed by atoms with van der Waals surface area (Å²) in [7, 11) is 0. The molecule has 2 rings (SSSR count). The van der Waals surface area contributed by atoms with Crippen LogP contribution in [0.5, 0.6) is 0 Å². The molecule has 0 spiro atoms. The van der Waals surface area contributed by atoms with Crippen LogP contribution in [0.15, 0.2) is 22.7 Å². The Morgan fingerprint density at radius 2 is 2.16 bits per heavy atom. The van der Waals surface area contributed by atoms with Gasteiger partial charge in [0.15, 0.2) is 0 Å². The molecular formula is C16H23BrFN. The van der Waals surface area contributed by atoms with Crippen LogP contribution < -0.4 is 5.73 Å². The normalized spacial score (nSPS) is 28.1. The second-order valence-electron chi connectivity index (χ2n) is 5.84. The van der Waals surface area contributed by atoms with Gasteiger partial charge in [-0.25, -0.2) is 4.39 Å². The van der Waals surface area contributed by atoms with Crippen molar-refractivity contribution in [3.63, 3.8) is 0 Å². The predicted octanol–water partition coefficient (Wildman–Crippen LogP) is 5.12. The minimum atomic E-state index is -0.490. The molecule has 2 N–H and O–H groups in total. The highest BCUT2D eigenvalue weighted by Gasteiger charge is 2.33. The molecule has 1 saturated carbocycles. The summed E-state index contributed by atoms with van der Waals surface area (Å²) in [4.78, 5) is 0. The molecule has 0 amide bonds. The zero-order chi connectivity index (χ0) is 13.9. The summed E-state index contributed by atoms with van der Waals surface area (Å²) < 4.78 is 14.8. The Balaban J connectivity index is 2.20. The summed E-state index contributed by atoms with van der Waals surface area (Å²) in [6.45, 7) is 2.23. The zero-order valence-corrected chi connectivity index (χ0v) is 13.2. The second kappa shape index (κ2) is 6.36. The molecule has 1 fully saturated rings. The Morgan fingerprint density at radius 3 is 2.89 bits per heavy atom. The van der Waals surface area contributed by atoms with Gasteiger partial charge in [-0.2, -0.15) is 0 Å². The molecular weight excluding hydrogens is 305 g/mol. The van der Waals surface area contributed by atoms with Crippen molar-refractivity contribution < 1.29 is 4.39 Å². The largest absolute Gasteiger partial charge is 0.321 e. The van der Waals surface area contributed by atoms with E-state index in [1.54, 1.807) is 6.07 Å². The number of hydrogen-bond acceptors (Lipinski definition) is 1. The molecule has 0 saturated heterocycles.